The van der Waals surface area contributed by atoms with E-state index in [1.165, 1.54) is 4.52 Å². The Morgan fingerprint density at radius 1 is 1.20 bits per heavy atom. The van der Waals surface area contributed by atoms with Crippen LogP contribution in [-0.4, -0.2) is 19.7 Å². The molecular weight excluding hydrogens is 274 g/mol. The summed E-state index contributed by atoms with van der Waals surface area (Å²) in [5, 5.41) is 15.2. The summed E-state index contributed by atoms with van der Waals surface area (Å²) in [4.78, 5) is 4.54. The van der Waals surface area contributed by atoms with E-state index in [9.17, 15) is 5.11 Å². The number of aromatic hydroxyl groups is 1. The molecule has 0 aliphatic heterocycles. The van der Waals surface area contributed by atoms with E-state index in [1.54, 1.807) is 12.3 Å². The molecule has 1 N–H and O–H groups in total. The van der Waals surface area contributed by atoms with Gasteiger partial charge >= 0.3 is 0 Å². The van der Waals surface area contributed by atoms with E-state index in [-0.39, 0.29) is 5.88 Å². The molecule has 2 aromatic heterocycles. The minimum absolute atomic E-state index is 0.159. The van der Waals surface area contributed by atoms with Crippen molar-refractivity contribution in [1.29, 1.82) is 0 Å². The molecule has 0 amide bonds. The SMILES string of the molecule is CCc1nc2ccnn2c(O)c1Cc1ccc(Cl)cc1. The second-order valence-corrected chi connectivity index (χ2v) is 5.06. The summed E-state index contributed by atoms with van der Waals surface area (Å²) >= 11 is 5.89. The third-order valence-corrected chi connectivity index (χ3v) is 3.57. The fourth-order valence-corrected chi connectivity index (χ4v) is 2.41. The van der Waals surface area contributed by atoms with Gasteiger partial charge < -0.3 is 5.11 Å². The molecule has 0 aliphatic carbocycles. The number of nitrogens with zero attached hydrogens (tertiary/aromatic N) is 3. The predicted molar refractivity (Wildman–Crippen MR) is 78.3 cm³/mol. The molecule has 1 aromatic carbocycles. The van der Waals surface area contributed by atoms with Crippen molar-refractivity contribution >= 4 is 17.2 Å². The summed E-state index contributed by atoms with van der Waals surface area (Å²) in [6.07, 6.45) is 3.00. The molecule has 0 atom stereocenters. The highest BCUT2D eigenvalue weighted by atomic mass is 35.5. The maximum atomic E-state index is 10.4. The summed E-state index contributed by atoms with van der Waals surface area (Å²) in [6.45, 7) is 2.03. The van der Waals surface area contributed by atoms with Crippen LogP contribution in [0.4, 0.5) is 0 Å². The van der Waals surface area contributed by atoms with Crippen LogP contribution in [-0.2, 0) is 12.8 Å². The first kappa shape index (κ1) is 12.9. The Labute approximate surface area is 121 Å². The highest BCUT2D eigenvalue weighted by Crippen LogP contribution is 2.25. The van der Waals surface area contributed by atoms with Crippen molar-refractivity contribution in [2.75, 3.05) is 0 Å². The van der Waals surface area contributed by atoms with Crippen LogP contribution in [0.3, 0.4) is 0 Å². The maximum Gasteiger partial charge on any atom is 0.219 e. The Morgan fingerprint density at radius 2 is 1.95 bits per heavy atom. The minimum atomic E-state index is 0.159. The Morgan fingerprint density at radius 3 is 2.65 bits per heavy atom. The Hall–Kier alpha value is -2.07. The Kier molecular flexibility index (Phi) is 3.32. The van der Waals surface area contributed by atoms with Crippen molar-refractivity contribution < 1.29 is 5.11 Å². The first-order valence-corrected chi connectivity index (χ1v) is 6.85. The molecule has 0 unspecified atom stereocenters. The number of halogens is 1. The van der Waals surface area contributed by atoms with Crippen LogP contribution in [0.15, 0.2) is 36.5 Å². The van der Waals surface area contributed by atoms with Gasteiger partial charge in [-0.3, -0.25) is 0 Å². The van der Waals surface area contributed by atoms with Gasteiger partial charge in [0.2, 0.25) is 5.88 Å². The molecule has 20 heavy (non-hydrogen) atoms. The monoisotopic (exact) mass is 287 g/mol. The lowest BCUT2D eigenvalue weighted by Crippen LogP contribution is -2.04. The average molecular weight is 288 g/mol. The number of rotatable bonds is 3. The van der Waals surface area contributed by atoms with E-state index in [1.807, 2.05) is 31.2 Å². The summed E-state index contributed by atoms with van der Waals surface area (Å²) in [6, 6.07) is 9.38. The first-order chi connectivity index (χ1) is 9.69. The molecule has 3 rings (SSSR count). The maximum absolute atomic E-state index is 10.4. The highest BCUT2D eigenvalue weighted by molar-refractivity contribution is 6.30. The molecule has 0 aliphatic rings. The molecule has 4 nitrogen and oxygen atoms in total. The minimum Gasteiger partial charge on any atom is -0.493 e. The quantitative estimate of drug-likeness (QED) is 0.804. The molecule has 0 spiro atoms. The smallest absolute Gasteiger partial charge is 0.219 e. The lowest BCUT2D eigenvalue weighted by Gasteiger charge is -2.11. The number of hydrogen-bond acceptors (Lipinski definition) is 3. The summed E-state index contributed by atoms with van der Waals surface area (Å²) in [5.41, 5.74) is 3.45. The van der Waals surface area contributed by atoms with Crippen LogP contribution in [0, 0.1) is 0 Å². The third kappa shape index (κ3) is 2.23. The van der Waals surface area contributed by atoms with Crippen LogP contribution in [0.1, 0.15) is 23.7 Å². The van der Waals surface area contributed by atoms with Crippen LogP contribution < -0.4 is 0 Å². The molecule has 0 fully saturated rings. The Bertz CT molecular complexity index is 750. The summed E-state index contributed by atoms with van der Waals surface area (Å²) in [7, 11) is 0. The van der Waals surface area contributed by atoms with Crippen molar-refractivity contribution in [3.63, 3.8) is 0 Å². The fraction of sp³-hybridized carbons (Fsp3) is 0.200. The highest BCUT2D eigenvalue weighted by Gasteiger charge is 2.14. The van der Waals surface area contributed by atoms with Gasteiger partial charge in [0.1, 0.15) is 0 Å². The normalized spacial score (nSPS) is 11.1. The predicted octanol–water partition coefficient (Wildman–Crippen LogP) is 3.24. The molecular formula is C15H14ClN3O. The van der Waals surface area contributed by atoms with Gasteiger partial charge in [-0.15, -0.1) is 0 Å². The number of aryl methyl sites for hydroxylation is 1. The zero-order chi connectivity index (χ0) is 14.1. The summed E-state index contributed by atoms with van der Waals surface area (Å²) in [5.74, 6) is 0.159. The number of benzene rings is 1. The van der Waals surface area contributed by atoms with Crippen molar-refractivity contribution in [2.45, 2.75) is 19.8 Å². The van der Waals surface area contributed by atoms with E-state index in [0.29, 0.717) is 17.1 Å². The van der Waals surface area contributed by atoms with Crippen LogP contribution >= 0.6 is 11.6 Å². The Balaban J connectivity index is 2.09. The van der Waals surface area contributed by atoms with E-state index >= 15 is 0 Å². The zero-order valence-corrected chi connectivity index (χ0v) is 11.8. The molecule has 0 radical (unpaired) electrons. The standard InChI is InChI=1S/C15H14ClN3O/c1-2-13-12(9-10-3-5-11(16)6-4-10)15(20)19-14(18-13)7-8-17-19/h3-8,20H,2,9H2,1H3. The van der Waals surface area contributed by atoms with E-state index in [2.05, 4.69) is 10.1 Å². The van der Waals surface area contributed by atoms with Gasteiger partial charge in [0, 0.05) is 23.1 Å². The lowest BCUT2D eigenvalue weighted by molar-refractivity contribution is 0.427. The first-order valence-electron chi connectivity index (χ1n) is 6.48. The molecule has 0 saturated heterocycles. The van der Waals surface area contributed by atoms with Crippen LogP contribution in [0.5, 0.6) is 5.88 Å². The molecule has 0 saturated carbocycles. The molecule has 2 heterocycles. The zero-order valence-electron chi connectivity index (χ0n) is 11.0. The number of fused-ring (bicyclic) bond motifs is 1. The largest absolute Gasteiger partial charge is 0.493 e. The number of aromatic nitrogens is 3. The fourth-order valence-electron chi connectivity index (χ4n) is 2.29. The second-order valence-electron chi connectivity index (χ2n) is 4.62. The third-order valence-electron chi connectivity index (χ3n) is 3.32. The topological polar surface area (TPSA) is 50.4 Å². The van der Waals surface area contributed by atoms with Gasteiger partial charge in [-0.05, 0) is 24.1 Å². The van der Waals surface area contributed by atoms with Crippen molar-refractivity contribution in [3.8, 4) is 5.88 Å². The van der Waals surface area contributed by atoms with E-state index < -0.39 is 0 Å². The summed E-state index contributed by atoms with van der Waals surface area (Å²) < 4.78 is 1.46. The van der Waals surface area contributed by atoms with Gasteiger partial charge in [0.15, 0.2) is 5.65 Å². The average Bonchev–Trinajstić information content (AvgIpc) is 2.92. The van der Waals surface area contributed by atoms with Crippen molar-refractivity contribution in [1.82, 2.24) is 14.6 Å². The lowest BCUT2D eigenvalue weighted by atomic mass is 10.0. The number of hydrogen-bond donors (Lipinski definition) is 1. The van der Waals surface area contributed by atoms with Crippen molar-refractivity contribution in [2.24, 2.45) is 0 Å². The van der Waals surface area contributed by atoms with Crippen molar-refractivity contribution in [3.05, 3.63) is 58.4 Å². The van der Waals surface area contributed by atoms with Crippen LogP contribution in [0.25, 0.3) is 5.65 Å². The molecule has 0 bridgehead atoms. The van der Waals surface area contributed by atoms with Gasteiger partial charge in [0.25, 0.3) is 0 Å². The molecule has 5 heteroatoms. The van der Waals surface area contributed by atoms with Gasteiger partial charge in [-0.1, -0.05) is 30.7 Å². The van der Waals surface area contributed by atoms with Gasteiger partial charge in [0.05, 0.1) is 11.9 Å². The van der Waals surface area contributed by atoms with E-state index in [0.717, 1.165) is 23.2 Å². The van der Waals surface area contributed by atoms with Crippen LogP contribution in [0.2, 0.25) is 5.02 Å². The second kappa shape index (κ2) is 5.13. The van der Waals surface area contributed by atoms with E-state index in [4.69, 9.17) is 11.6 Å². The molecule has 3 aromatic rings. The molecule has 102 valence electrons. The van der Waals surface area contributed by atoms with Gasteiger partial charge in [-0.2, -0.15) is 9.61 Å². The van der Waals surface area contributed by atoms with Gasteiger partial charge in [-0.25, -0.2) is 4.98 Å².